The van der Waals surface area contributed by atoms with Crippen LogP contribution in [-0.2, 0) is 15.8 Å². The molecule has 4 saturated carbocycles. The summed E-state index contributed by atoms with van der Waals surface area (Å²) in [7, 11) is 0. The van der Waals surface area contributed by atoms with E-state index in [0.717, 1.165) is 31.4 Å². The molecule has 4 aliphatic carbocycles. The zero-order valence-corrected chi connectivity index (χ0v) is 14.9. The van der Waals surface area contributed by atoms with Gasteiger partial charge < -0.3 is 10.6 Å². The van der Waals surface area contributed by atoms with Gasteiger partial charge in [-0.25, -0.2) is 0 Å². The van der Waals surface area contributed by atoms with Gasteiger partial charge >= 0.3 is 6.18 Å². The Bertz CT molecular complexity index is 725. The maximum Gasteiger partial charge on any atom is 0.416 e. The van der Waals surface area contributed by atoms with E-state index in [9.17, 15) is 22.8 Å². The number of anilines is 1. The highest BCUT2D eigenvalue weighted by Crippen LogP contribution is 2.60. The van der Waals surface area contributed by atoms with Crippen molar-refractivity contribution >= 4 is 17.5 Å². The maximum absolute atomic E-state index is 12.8. The molecule has 0 aliphatic heterocycles. The van der Waals surface area contributed by atoms with Crippen molar-refractivity contribution < 1.29 is 22.8 Å². The van der Waals surface area contributed by atoms with Crippen molar-refractivity contribution in [3.63, 3.8) is 0 Å². The average molecular weight is 380 g/mol. The van der Waals surface area contributed by atoms with Crippen LogP contribution in [0, 0.1) is 23.2 Å². The molecule has 0 radical (unpaired) electrons. The molecule has 4 nitrogen and oxygen atoms in total. The Labute approximate surface area is 155 Å². The molecular weight excluding hydrogens is 357 g/mol. The lowest BCUT2D eigenvalue weighted by Crippen LogP contribution is -2.54. The second-order valence-electron chi connectivity index (χ2n) is 8.51. The molecule has 146 valence electrons. The SMILES string of the molecule is O=C(CNC(=O)C12CC3CC(CC(C3)C1)C2)Nc1cccc(C(F)(F)F)c1. The van der Waals surface area contributed by atoms with E-state index >= 15 is 0 Å². The van der Waals surface area contributed by atoms with Crippen LogP contribution in [0.15, 0.2) is 24.3 Å². The van der Waals surface area contributed by atoms with E-state index < -0.39 is 17.6 Å². The van der Waals surface area contributed by atoms with Crippen LogP contribution in [0.2, 0.25) is 0 Å². The van der Waals surface area contributed by atoms with E-state index in [4.69, 9.17) is 0 Å². The Hall–Kier alpha value is -2.05. The summed E-state index contributed by atoms with van der Waals surface area (Å²) in [5, 5.41) is 5.16. The highest BCUT2D eigenvalue weighted by molar-refractivity contribution is 5.95. The number of carbonyl (C=O) groups is 2. The second kappa shape index (κ2) is 6.53. The molecule has 27 heavy (non-hydrogen) atoms. The smallest absolute Gasteiger partial charge is 0.347 e. The van der Waals surface area contributed by atoms with Gasteiger partial charge in [0, 0.05) is 11.1 Å². The predicted octanol–water partition coefficient (Wildman–Crippen LogP) is 3.98. The van der Waals surface area contributed by atoms with E-state index in [-0.39, 0.29) is 23.6 Å². The van der Waals surface area contributed by atoms with Gasteiger partial charge in [0.2, 0.25) is 11.8 Å². The van der Waals surface area contributed by atoms with E-state index in [1.807, 2.05) is 0 Å². The lowest BCUT2D eigenvalue weighted by Gasteiger charge is -2.55. The number of alkyl halides is 3. The average Bonchev–Trinajstić information content (AvgIpc) is 2.58. The number of amides is 2. The number of halogens is 3. The Balaban J connectivity index is 1.34. The van der Waals surface area contributed by atoms with Gasteiger partial charge in [0.15, 0.2) is 0 Å². The molecule has 2 N–H and O–H groups in total. The minimum absolute atomic E-state index is 0.0684. The first-order chi connectivity index (χ1) is 12.7. The molecular formula is C20H23F3N2O2. The minimum Gasteiger partial charge on any atom is -0.347 e. The molecule has 0 heterocycles. The van der Waals surface area contributed by atoms with Gasteiger partial charge in [0.05, 0.1) is 12.1 Å². The summed E-state index contributed by atoms with van der Waals surface area (Å²) in [5.74, 6) is 1.29. The Morgan fingerprint density at radius 3 is 2.19 bits per heavy atom. The zero-order chi connectivity index (χ0) is 19.2. The molecule has 1 aromatic rings. The first-order valence-electron chi connectivity index (χ1n) is 9.49. The number of hydrogen-bond donors (Lipinski definition) is 2. The van der Waals surface area contributed by atoms with Crippen molar-refractivity contribution in [2.75, 3.05) is 11.9 Å². The van der Waals surface area contributed by atoms with Crippen molar-refractivity contribution in [1.29, 1.82) is 0 Å². The maximum atomic E-state index is 12.8. The van der Waals surface area contributed by atoms with Crippen molar-refractivity contribution in [2.24, 2.45) is 23.2 Å². The van der Waals surface area contributed by atoms with Crippen molar-refractivity contribution in [2.45, 2.75) is 44.7 Å². The van der Waals surface area contributed by atoms with Crippen LogP contribution in [0.25, 0.3) is 0 Å². The normalized spacial score (nSPS) is 31.6. The van der Waals surface area contributed by atoms with Gasteiger partial charge in [0.25, 0.3) is 0 Å². The van der Waals surface area contributed by atoms with E-state index in [1.54, 1.807) is 0 Å². The fraction of sp³-hybridized carbons (Fsp3) is 0.600. The molecule has 0 atom stereocenters. The molecule has 0 saturated heterocycles. The first-order valence-corrected chi connectivity index (χ1v) is 9.49. The lowest BCUT2D eigenvalue weighted by molar-refractivity contribution is -0.146. The standard InChI is InChI=1S/C20H23F3N2O2/c21-20(22,23)15-2-1-3-16(7-15)25-17(26)11-24-18(27)19-8-12-4-13(9-19)6-14(5-12)10-19/h1-3,7,12-14H,4-6,8-11H2,(H,24,27)(H,25,26). The highest BCUT2D eigenvalue weighted by atomic mass is 19.4. The van der Waals surface area contributed by atoms with Gasteiger partial charge in [-0.1, -0.05) is 6.07 Å². The van der Waals surface area contributed by atoms with Crippen LogP contribution in [0.4, 0.5) is 18.9 Å². The summed E-state index contributed by atoms with van der Waals surface area (Å²) in [6, 6.07) is 4.48. The third-order valence-electron chi connectivity index (χ3n) is 6.40. The highest BCUT2D eigenvalue weighted by Gasteiger charge is 2.54. The van der Waals surface area contributed by atoms with E-state index in [0.29, 0.717) is 17.8 Å². The molecule has 4 fully saturated rings. The number of carbonyl (C=O) groups excluding carboxylic acids is 2. The largest absolute Gasteiger partial charge is 0.416 e. The Kier molecular flexibility index (Phi) is 4.43. The number of hydrogen-bond acceptors (Lipinski definition) is 2. The molecule has 1 aromatic carbocycles. The summed E-state index contributed by atoms with van der Waals surface area (Å²) in [6.07, 6.45) is 1.92. The minimum atomic E-state index is -4.46. The van der Waals surface area contributed by atoms with Gasteiger partial charge in [-0.3, -0.25) is 9.59 Å². The van der Waals surface area contributed by atoms with Crippen LogP contribution < -0.4 is 10.6 Å². The summed E-state index contributed by atoms with van der Waals surface area (Å²) < 4.78 is 38.2. The molecule has 4 bridgehead atoms. The summed E-state index contributed by atoms with van der Waals surface area (Å²) in [6.45, 7) is -0.225. The van der Waals surface area contributed by atoms with Gasteiger partial charge in [0.1, 0.15) is 0 Å². The van der Waals surface area contributed by atoms with Gasteiger partial charge in [-0.2, -0.15) is 13.2 Å². The first kappa shape index (κ1) is 18.3. The fourth-order valence-electron chi connectivity index (χ4n) is 5.72. The van der Waals surface area contributed by atoms with E-state index in [1.165, 1.54) is 31.4 Å². The van der Waals surface area contributed by atoms with Gasteiger partial charge in [-0.15, -0.1) is 0 Å². The van der Waals surface area contributed by atoms with Crippen LogP contribution in [-0.4, -0.2) is 18.4 Å². The van der Waals surface area contributed by atoms with E-state index in [2.05, 4.69) is 10.6 Å². The molecule has 5 rings (SSSR count). The van der Waals surface area contributed by atoms with Crippen LogP contribution in [0.5, 0.6) is 0 Å². The van der Waals surface area contributed by atoms with Crippen LogP contribution in [0.3, 0.4) is 0 Å². The Morgan fingerprint density at radius 1 is 1.04 bits per heavy atom. The molecule has 7 heteroatoms. The van der Waals surface area contributed by atoms with Crippen molar-refractivity contribution in [3.8, 4) is 0 Å². The number of rotatable bonds is 4. The molecule has 4 aliphatic rings. The molecule has 0 unspecified atom stereocenters. The number of nitrogens with one attached hydrogen (secondary N) is 2. The summed E-state index contributed by atoms with van der Waals surface area (Å²) in [4.78, 5) is 24.9. The second-order valence-corrected chi connectivity index (χ2v) is 8.51. The molecule has 2 amide bonds. The molecule has 0 aromatic heterocycles. The zero-order valence-electron chi connectivity index (χ0n) is 14.9. The fourth-order valence-corrected chi connectivity index (χ4v) is 5.72. The predicted molar refractivity (Wildman–Crippen MR) is 93.7 cm³/mol. The molecule has 0 spiro atoms. The third kappa shape index (κ3) is 3.69. The van der Waals surface area contributed by atoms with Crippen LogP contribution >= 0.6 is 0 Å². The summed E-state index contributed by atoms with van der Waals surface area (Å²) in [5.41, 5.74) is -1.10. The number of benzene rings is 1. The van der Waals surface area contributed by atoms with Gasteiger partial charge in [-0.05, 0) is 74.5 Å². The Morgan fingerprint density at radius 2 is 1.63 bits per heavy atom. The van der Waals surface area contributed by atoms with Crippen LogP contribution in [0.1, 0.15) is 44.1 Å². The lowest BCUT2D eigenvalue weighted by atomic mass is 9.49. The monoisotopic (exact) mass is 380 g/mol. The third-order valence-corrected chi connectivity index (χ3v) is 6.40. The summed E-state index contributed by atoms with van der Waals surface area (Å²) >= 11 is 0. The van der Waals surface area contributed by atoms with Crippen molar-refractivity contribution in [1.82, 2.24) is 5.32 Å². The quantitative estimate of drug-likeness (QED) is 0.830. The van der Waals surface area contributed by atoms with Crippen molar-refractivity contribution in [3.05, 3.63) is 29.8 Å². The topological polar surface area (TPSA) is 58.2 Å².